The fraction of sp³-hybridized carbons (Fsp3) is 0.643. The van der Waals surface area contributed by atoms with Crippen LogP contribution >= 0.6 is 0 Å². The number of piperazine rings is 2. The second-order valence-electron chi connectivity index (χ2n) is 12.3. The number of likely N-dealkylation sites (N-methyl/N-ethyl adjacent to an activating group) is 1. The van der Waals surface area contributed by atoms with Crippen LogP contribution in [0.4, 0.5) is 30.5 Å². The SMILES string of the molecule is CN1CCN(CCn2cc(Nc3nc4c(N5CC6CCC(C5)N6C(=O)[C@H]5C[C@H](C(F)(F)F)C5)cccn4n3)cn2)CC1. The average Bonchev–Trinajstić information content (AvgIpc) is 3.62. The molecule has 7 rings (SSSR count). The number of hydrogen-bond acceptors (Lipinski definition) is 8. The predicted molar refractivity (Wildman–Crippen MR) is 151 cm³/mol. The summed E-state index contributed by atoms with van der Waals surface area (Å²) in [6.45, 7) is 7.37. The molecule has 3 aliphatic heterocycles. The van der Waals surface area contributed by atoms with Crippen LogP contribution in [0, 0.1) is 11.8 Å². The molecule has 2 unspecified atom stereocenters. The number of hydrogen-bond donors (Lipinski definition) is 1. The van der Waals surface area contributed by atoms with Crippen LogP contribution in [0.15, 0.2) is 30.7 Å². The molecule has 42 heavy (non-hydrogen) atoms. The molecular weight excluding hydrogens is 549 g/mol. The summed E-state index contributed by atoms with van der Waals surface area (Å²) in [5.41, 5.74) is 2.47. The number of rotatable bonds is 7. The molecule has 1 aliphatic carbocycles. The fourth-order valence-corrected chi connectivity index (χ4v) is 6.94. The summed E-state index contributed by atoms with van der Waals surface area (Å²) in [5.74, 6) is -1.47. The number of carbonyl (C=O) groups excluding carboxylic acids is 1. The van der Waals surface area contributed by atoms with Crippen LogP contribution in [0.2, 0.25) is 0 Å². The Balaban J connectivity index is 0.991. The normalized spacial score (nSPS) is 27.0. The molecule has 226 valence electrons. The van der Waals surface area contributed by atoms with Crippen molar-refractivity contribution in [3.8, 4) is 0 Å². The van der Waals surface area contributed by atoms with Crippen LogP contribution in [-0.2, 0) is 11.3 Å². The van der Waals surface area contributed by atoms with Crippen molar-refractivity contribution in [2.45, 2.75) is 50.5 Å². The van der Waals surface area contributed by atoms with Gasteiger partial charge in [0.2, 0.25) is 11.9 Å². The highest BCUT2D eigenvalue weighted by molar-refractivity contribution is 5.81. The van der Waals surface area contributed by atoms with Gasteiger partial charge >= 0.3 is 6.18 Å². The first-order valence-electron chi connectivity index (χ1n) is 14.9. The Bertz CT molecular complexity index is 1410. The summed E-state index contributed by atoms with van der Waals surface area (Å²) in [6.07, 6.45) is 2.98. The number of halogens is 3. The van der Waals surface area contributed by atoms with Crippen molar-refractivity contribution in [1.82, 2.24) is 39.1 Å². The second kappa shape index (κ2) is 10.7. The second-order valence-corrected chi connectivity index (χ2v) is 12.3. The molecule has 1 amide bonds. The van der Waals surface area contributed by atoms with Gasteiger partial charge in [0.05, 0.1) is 30.0 Å². The Hall–Kier alpha value is -3.39. The molecule has 3 aromatic heterocycles. The highest BCUT2D eigenvalue weighted by atomic mass is 19.4. The zero-order valence-electron chi connectivity index (χ0n) is 23.7. The van der Waals surface area contributed by atoms with E-state index in [0.29, 0.717) is 24.7 Å². The van der Waals surface area contributed by atoms with Gasteiger partial charge in [-0.05, 0) is 44.9 Å². The van der Waals surface area contributed by atoms with E-state index in [2.05, 4.69) is 37.3 Å². The van der Waals surface area contributed by atoms with Gasteiger partial charge in [-0.15, -0.1) is 5.10 Å². The van der Waals surface area contributed by atoms with Gasteiger partial charge in [-0.25, -0.2) is 4.52 Å². The molecule has 4 fully saturated rings. The molecule has 14 heteroatoms. The highest BCUT2D eigenvalue weighted by Crippen LogP contribution is 2.47. The van der Waals surface area contributed by atoms with Crippen molar-refractivity contribution in [2.24, 2.45) is 11.8 Å². The minimum atomic E-state index is -4.20. The number of nitrogens with zero attached hydrogens (tertiary/aromatic N) is 9. The minimum absolute atomic E-state index is 0.00126. The monoisotopic (exact) mass is 586 g/mol. The summed E-state index contributed by atoms with van der Waals surface area (Å²) in [4.78, 5) is 26.9. The Kier molecular flexibility index (Phi) is 7.00. The van der Waals surface area contributed by atoms with Gasteiger partial charge in [0.25, 0.3) is 0 Å². The molecule has 6 heterocycles. The molecule has 1 N–H and O–H groups in total. The van der Waals surface area contributed by atoms with E-state index in [-0.39, 0.29) is 30.8 Å². The maximum Gasteiger partial charge on any atom is 0.391 e. The molecular formula is C28H37F3N10O. The molecule has 3 saturated heterocycles. The number of aromatic nitrogens is 5. The van der Waals surface area contributed by atoms with Crippen LogP contribution < -0.4 is 10.2 Å². The standard InChI is InChI=1S/C28H37F3N10O/c1-36-7-9-37(10-8-36)11-12-39-16-21(15-32-39)33-27-34-25-24(3-2-6-40(25)35-27)38-17-22-4-5-23(18-38)41(22)26(42)19-13-20(14-19)28(29,30)31/h2-3,6,15-16,19-20,22-23H,4-5,7-14,17-18H2,1H3,(H,33,35)/t19-,20-,22?,23?. The number of pyridine rings is 1. The number of anilines is 3. The maximum absolute atomic E-state index is 13.2. The Morgan fingerprint density at radius 3 is 2.52 bits per heavy atom. The summed E-state index contributed by atoms with van der Waals surface area (Å²) < 4.78 is 42.6. The third-order valence-electron chi connectivity index (χ3n) is 9.50. The van der Waals surface area contributed by atoms with E-state index in [1.165, 1.54) is 0 Å². The molecule has 2 bridgehead atoms. The average molecular weight is 587 g/mol. The number of carbonyl (C=O) groups is 1. The number of amides is 1. The summed E-state index contributed by atoms with van der Waals surface area (Å²) in [6, 6.07) is 3.95. The van der Waals surface area contributed by atoms with Gasteiger partial charge in [-0.1, -0.05) is 0 Å². The molecule has 0 radical (unpaired) electrons. The van der Waals surface area contributed by atoms with Crippen molar-refractivity contribution in [3.63, 3.8) is 0 Å². The van der Waals surface area contributed by atoms with Crippen LogP contribution in [0.25, 0.3) is 5.65 Å². The van der Waals surface area contributed by atoms with E-state index in [4.69, 9.17) is 4.98 Å². The molecule has 1 saturated carbocycles. The predicted octanol–water partition coefficient (Wildman–Crippen LogP) is 2.68. The third kappa shape index (κ3) is 5.30. The van der Waals surface area contributed by atoms with Crippen molar-refractivity contribution in [1.29, 1.82) is 0 Å². The number of nitrogens with one attached hydrogen (secondary N) is 1. The van der Waals surface area contributed by atoms with E-state index < -0.39 is 18.0 Å². The molecule has 0 aromatic carbocycles. The van der Waals surface area contributed by atoms with Gasteiger partial charge in [-0.3, -0.25) is 14.4 Å². The van der Waals surface area contributed by atoms with Gasteiger partial charge in [-0.2, -0.15) is 23.3 Å². The maximum atomic E-state index is 13.2. The lowest BCUT2D eigenvalue weighted by Crippen LogP contribution is -2.58. The molecule has 2 atom stereocenters. The van der Waals surface area contributed by atoms with Crippen molar-refractivity contribution < 1.29 is 18.0 Å². The minimum Gasteiger partial charge on any atom is -0.364 e. The zero-order valence-corrected chi connectivity index (χ0v) is 23.7. The summed E-state index contributed by atoms with van der Waals surface area (Å²) >= 11 is 0. The van der Waals surface area contributed by atoms with Crippen LogP contribution in [-0.4, -0.2) is 116 Å². The molecule has 4 aliphatic rings. The Labute approximate surface area is 242 Å². The Morgan fingerprint density at radius 2 is 1.81 bits per heavy atom. The van der Waals surface area contributed by atoms with E-state index in [0.717, 1.165) is 63.5 Å². The lowest BCUT2D eigenvalue weighted by atomic mass is 9.73. The fourth-order valence-electron chi connectivity index (χ4n) is 6.94. The molecule has 3 aromatic rings. The quantitative estimate of drug-likeness (QED) is 0.452. The van der Waals surface area contributed by atoms with E-state index in [9.17, 15) is 18.0 Å². The molecule has 11 nitrogen and oxygen atoms in total. The summed E-state index contributed by atoms with van der Waals surface area (Å²) in [5, 5.41) is 12.4. The van der Waals surface area contributed by atoms with Gasteiger partial charge in [0.15, 0.2) is 5.65 Å². The topological polar surface area (TPSA) is 90.1 Å². The van der Waals surface area contributed by atoms with Crippen LogP contribution in [0.5, 0.6) is 0 Å². The summed E-state index contributed by atoms with van der Waals surface area (Å²) in [7, 11) is 2.16. The lowest BCUT2D eigenvalue weighted by molar-refractivity contribution is -0.207. The van der Waals surface area contributed by atoms with Crippen LogP contribution in [0.1, 0.15) is 25.7 Å². The van der Waals surface area contributed by atoms with E-state index in [1.54, 1.807) is 10.7 Å². The van der Waals surface area contributed by atoms with E-state index in [1.807, 2.05) is 34.1 Å². The molecule has 0 spiro atoms. The van der Waals surface area contributed by atoms with E-state index >= 15 is 0 Å². The first-order chi connectivity index (χ1) is 20.2. The van der Waals surface area contributed by atoms with Gasteiger partial charge in [0, 0.05) is 76.2 Å². The number of alkyl halides is 3. The zero-order chi connectivity index (χ0) is 29.0. The van der Waals surface area contributed by atoms with Crippen LogP contribution in [0.3, 0.4) is 0 Å². The smallest absolute Gasteiger partial charge is 0.364 e. The largest absolute Gasteiger partial charge is 0.391 e. The highest BCUT2D eigenvalue weighted by Gasteiger charge is 2.53. The van der Waals surface area contributed by atoms with Crippen molar-refractivity contribution in [2.75, 3.05) is 63.1 Å². The Morgan fingerprint density at radius 1 is 1.07 bits per heavy atom. The van der Waals surface area contributed by atoms with Crippen molar-refractivity contribution >= 4 is 28.9 Å². The lowest BCUT2D eigenvalue weighted by Gasteiger charge is -2.45. The van der Waals surface area contributed by atoms with Crippen molar-refractivity contribution in [3.05, 3.63) is 30.7 Å². The first-order valence-corrected chi connectivity index (χ1v) is 14.9. The van der Waals surface area contributed by atoms with Gasteiger partial charge < -0.3 is 20.0 Å². The van der Waals surface area contributed by atoms with Gasteiger partial charge in [0.1, 0.15) is 0 Å². The number of fused-ring (bicyclic) bond motifs is 3. The first kappa shape index (κ1) is 27.4. The third-order valence-corrected chi connectivity index (χ3v) is 9.50.